The molecule has 1 heterocycles. The van der Waals surface area contributed by atoms with E-state index in [4.69, 9.17) is 4.74 Å². The molecule has 0 bridgehead atoms. The summed E-state index contributed by atoms with van der Waals surface area (Å²) in [6.07, 6.45) is 0. The van der Waals surface area contributed by atoms with Crippen LogP contribution in [0.2, 0.25) is 0 Å². The fourth-order valence-electron chi connectivity index (χ4n) is 1.68. The molecule has 0 radical (unpaired) electrons. The molecule has 0 fully saturated rings. The Morgan fingerprint density at radius 3 is 2.69 bits per heavy atom. The van der Waals surface area contributed by atoms with Gasteiger partial charge in [-0.3, -0.25) is 14.5 Å². The van der Waals surface area contributed by atoms with Gasteiger partial charge in [-0.1, -0.05) is 6.07 Å². The number of nitrogens with zero attached hydrogens (tertiary/aromatic N) is 1. The van der Waals surface area contributed by atoms with Crippen LogP contribution in [0.5, 0.6) is 0 Å². The van der Waals surface area contributed by atoms with Gasteiger partial charge in [-0.25, -0.2) is 0 Å². The lowest BCUT2D eigenvalue weighted by molar-refractivity contribution is 0.0603. The number of fused-ring (bicyclic) bond motifs is 1. The maximum atomic E-state index is 12.0. The highest BCUT2D eigenvalue weighted by atomic mass is 127. The monoisotopic (exact) mass is 331 g/mol. The molecule has 1 aromatic carbocycles. The zero-order chi connectivity index (χ0) is 11.7. The summed E-state index contributed by atoms with van der Waals surface area (Å²) in [7, 11) is 1.54. The fourth-order valence-corrected chi connectivity index (χ4v) is 2.41. The molecule has 0 aliphatic carbocycles. The quantitative estimate of drug-likeness (QED) is 0.623. The van der Waals surface area contributed by atoms with E-state index in [1.807, 2.05) is 6.07 Å². The van der Waals surface area contributed by atoms with Gasteiger partial charge < -0.3 is 4.74 Å². The highest BCUT2D eigenvalue weighted by molar-refractivity contribution is 14.1. The second-order valence-corrected chi connectivity index (χ2v) is 4.58. The van der Waals surface area contributed by atoms with Gasteiger partial charge in [0, 0.05) is 10.7 Å². The number of methoxy groups -OCH3 is 1. The minimum absolute atomic E-state index is 0.220. The summed E-state index contributed by atoms with van der Waals surface area (Å²) >= 11 is 2.07. The van der Waals surface area contributed by atoms with Crippen molar-refractivity contribution in [2.45, 2.75) is 0 Å². The summed E-state index contributed by atoms with van der Waals surface area (Å²) < 4.78 is 5.69. The Labute approximate surface area is 107 Å². The summed E-state index contributed by atoms with van der Waals surface area (Å²) in [4.78, 5) is 25.1. The Balaban J connectivity index is 2.37. The first-order valence-corrected chi connectivity index (χ1v) is 5.88. The van der Waals surface area contributed by atoms with Crippen molar-refractivity contribution in [1.82, 2.24) is 4.90 Å². The van der Waals surface area contributed by atoms with Crippen LogP contribution in [0.4, 0.5) is 0 Å². The summed E-state index contributed by atoms with van der Waals surface area (Å²) in [5.41, 5.74) is 1.01. The van der Waals surface area contributed by atoms with E-state index in [1.165, 1.54) is 4.90 Å². The van der Waals surface area contributed by atoms with Gasteiger partial charge in [0.25, 0.3) is 11.8 Å². The lowest BCUT2D eigenvalue weighted by Crippen LogP contribution is -2.32. The van der Waals surface area contributed by atoms with Crippen molar-refractivity contribution in [1.29, 1.82) is 0 Å². The zero-order valence-corrected chi connectivity index (χ0v) is 10.9. The van der Waals surface area contributed by atoms with Crippen LogP contribution in [-0.2, 0) is 4.74 Å². The number of hydrogen-bond donors (Lipinski definition) is 0. The van der Waals surface area contributed by atoms with Crippen LogP contribution in [0, 0.1) is 3.57 Å². The Hall–Kier alpha value is -0.950. The van der Waals surface area contributed by atoms with Crippen LogP contribution >= 0.6 is 22.6 Å². The third-order valence-electron chi connectivity index (χ3n) is 2.47. The highest BCUT2D eigenvalue weighted by Gasteiger charge is 2.36. The Morgan fingerprint density at radius 2 is 2.06 bits per heavy atom. The van der Waals surface area contributed by atoms with Gasteiger partial charge in [-0.05, 0) is 34.7 Å². The number of hydrogen-bond acceptors (Lipinski definition) is 3. The van der Waals surface area contributed by atoms with Gasteiger partial charge in [0.1, 0.15) is 0 Å². The normalized spacial score (nSPS) is 14.5. The minimum atomic E-state index is -0.226. The van der Waals surface area contributed by atoms with E-state index in [0.717, 1.165) is 3.57 Å². The largest absolute Gasteiger partial charge is 0.383 e. The number of carbonyl (C=O) groups is 2. The number of ether oxygens (including phenoxy) is 1. The summed E-state index contributed by atoms with van der Waals surface area (Å²) in [5.74, 6) is -0.447. The zero-order valence-electron chi connectivity index (χ0n) is 8.70. The SMILES string of the molecule is COCCN1C(=O)c2cccc(I)c2C1=O. The van der Waals surface area contributed by atoms with Gasteiger partial charge >= 0.3 is 0 Å². The number of amides is 2. The van der Waals surface area contributed by atoms with Crippen molar-refractivity contribution in [3.05, 3.63) is 32.9 Å². The van der Waals surface area contributed by atoms with Crippen molar-refractivity contribution < 1.29 is 14.3 Å². The Bertz CT molecular complexity index is 459. The van der Waals surface area contributed by atoms with Crippen molar-refractivity contribution in [3.63, 3.8) is 0 Å². The average Bonchev–Trinajstić information content (AvgIpc) is 2.51. The van der Waals surface area contributed by atoms with Crippen molar-refractivity contribution in [2.24, 2.45) is 0 Å². The van der Waals surface area contributed by atoms with E-state index in [2.05, 4.69) is 22.6 Å². The molecule has 0 saturated carbocycles. The first kappa shape index (κ1) is 11.5. The predicted octanol–water partition coefficient (Wildman–Crippen LogP) is 1.53. The van der Waals surface area contributed by atoms with Crippen LogP contribution in [0.1, 0.15) is 20.7 Å². The Kier molecular flexibility index (Phi) is 3.25. The van der Waals surface area contributed by atoms with Crippen molar-refractivity contribution in [2.75, 3.05) is 20.3 Å². The molecule has 0 saturated heterocycles. The number of benzene rings is 1. The average molecular weight is 331 g/mol. The van der Waals surface area contributed by atoms with Crippen molar-refractivity contribution in [3.8, 4) is 0 Å². The topological polar surface area (TPSA) is 46.6 Å². The Morgan fingerprint density at radius 1 is 1.31 bits per heavy atom. The standard InChI is InChI=1S/C11H10INO3/c1-16-6-5-13-10(14)7-3-2-4-8(12)9(7)11(13)15/h2-4H,5-6H2,1H3. The van der Waals surface area contributed by atoms with Crippen LogP contribution in [0.3, 0.4) is 0 Å². The van der Waals surface area contributed by atoms with Crippen LogP contribution in [-0.4, -0.2) is 37.0 Å². The lowest BCUT2D eigenvalue weighted by atomic mass is 10.1. The third-order valence-corrected chi connectivity index (χ3v) is 3.37. The van der Waals surface area contributed by atoms with Gasteiger partial charge in [0.15, 0.2) is 0 Å². The summed E-state index contributed by atoms with van der Waals surface area (Å²) in [5, 5.41) is 0. The number of imide groups is 1. The van der Waals surface area contributed by atoms with E-state index < -0.39 is 0 Å². The second kappa shape index (κ2) is 4.50. The second-order valence-electron chi connectivity index (χ2n) is 3.42. The lowest BCUT2D eigenvalue weighted by Gasteiger charge is -2.12. The van der Waals surface area contributed by atoms with E-state index in [1.54, 1.807) is 19.2 Å². The maximum absolute atomic E-state index is 12.0. The third kappa shape index (κ3) is 1.73. The van der Waals surface area contributed by atoms with E-state index in [-0.39, 0.29) is 11.8 Å². The molecule has 2 amide bonds. The molecule has 84 valence electrons. The fraction of sp³-hybridized carbons (Fsp3) is 0.273. The minimum Gasteiger partial charge on any atom is -0.383 e. The molecular weight excluding hydrogens is 321 g/mol. The summed E-state index contributed by atoms with van der Waals surface area (Å²) in [6, 6.07) is 5.29. The van der Waals surface area contributed by atoms with E-state index >= 15 is 0 Å². The molecule has 0 N–H and O–H groups in total. The molecule has 0 atom stereocenters. The molecule has 1 aromatic rings. The number of halogens is 1. The van der Waals surface area contributed by atoms with Crippen LogP contribution in [0.15, 0.2) is 18.2 Å². The number of carbonyl (C=O) groups excluding carboxylic acids is 2. The molecule has 0 aromatic heterocycles. The van der Waals surface area contributed by atoms with Crippen molar-refractivity contribution >= 4 is 34.4 Å². The smallest absolute Gasteiger partial charge is 0.262 e. The summed E-state index contributed by atoms with van der Waals surface area (Å²) in [6.45, 7) is 0.668. The molecule has 1 aliphatic rings. The molecule has 2 rings (SSSR count). The highest BCUT2D eigenvalue weighted by Crippen LogP contribution is 2.26. The van der Waals surface area contributed by atoms with Gasteiger partial charge in [0.05, 0.1) is 24.3 Å². The van der Waals surface area contributed by atoms with Gasteiger partial charge in [-0.15, -0.1) is 0 Å². The maximum Gasteiger partial charge on any atom is 0.262 e. The van der Waals surface area contributed by atoms with Gasteiger partial charge in [-0.2, -0.15) is 0 Å². The molecule has 0 spiro atoms. The molecule has 16 heavy (non-hydrogen) atoms. The first-order valence-electron chi connectivity index (χ1n) is 4.80. The van der Waals surface area contributed by atoms with Crippen LogP contribution < -0.4 is 0 Å². The number of rotatable bonds is 3. The molecule has 1 aliphatic heterocycles. The van der Waals surface area contributed by atoms with Crippen LogP contribution in [0.25, 0.3) is 0 Å². The molecule has 5 heteroatoms. The molecule has 4 nitrogen and oxygen atoms in total. The van der Waals surface area contributed by atoms with Gasteiger partial charge in [0.2, 0.25) is 0 Å². The molecular formula is C11H10INO3. The first-order chi connectivity index (χ1) is 7.66. The van der Waals surface area contributed by atoms with E-state index in [9.17, 15) is 9.59 Å². The predicted molar refractivity (Wildman–Crippen MR) is 66.4 cm³/mol. The van der Waals surface area contributed by atoms with E-state index in [0.29, 0.717) is 24.3 Å². The molecule has 0 unspecified atom stereocenters.